The number of carbonyl (C=O) groups is 1. The summed E-state index contributed by atoms with van der Waals surface area (Å²) >= 11 is 0. The van der Waals surface area contributed by atoms with Gasteiger partial charge in [-0.3, -0.25) is 4.79 Å². The molecule has 0 radical (unpaired) electrons. The quantitative estimate of drug-likeness (QED) is 0.657. The van der Waals surface area contributed by atoms with E-state index in [1.807, 2.05) is 20.8 Å². The summed E-state index contributed by atoms with van der Waals surface area (Å²) in [5.41, 5.74) is -3.67. The minimum Gasteiger partial charge on any atom is -0.349 e. The third-order valence-corrected chi connectivity index (χ3v) is 4.57. The van der Waals surface area contributed by atoms with Crippen LogP contribution in [0, 0.1) is 11.3 Å². The van der Waals surface area contributed by atoms with Crippen LogP contribution in [0.3, 0.4) is 0 Å². The summed E-state index contributed by atoms with van der Waals surface area (Å²) in [4.78, 5) is 12.3. The molecule has 1 amide bonds. The molecule has 0 heterocycles. The van der Waals surface area contributed by atoms with E-state index in [-0.39, 0.29) is 17.5 Å². The van der Waals surface area contributed by atoms with Crippen molar-refractivity contribution in [2.45, 2.75) is 58.4 Å². The van der Waals surface area contributed by atoms with Crippen molar-refractivity contribution in [3.05, 3.63) is 34.9 Å². The van der Waals surface area contributed by atoms with E-state index >= 15 is 0 Å². The zero-order valence-corrected chi connectivity index (χ0v) is 14.7. The molecule has 1 aromatic rings. The Hall–Kier alpha value is -1.73. The molecule has 26 heavy (non-hydrogen) atoms. The molecule has 1 aliphatic rings. The predicted octanol–water partition coefficient (Wildman–Crippen LogP) is 5.67. The number of alkyl halides is 6. The first-order valence-electron chi connectivity index (χ1n) is 8.28. The Bertz CT molecular complexity index is 645. The molecule has 2 atom stereocenters. The fraction of sp³-hybridized carbons (Fsp3) is 0.611. The highest BCUT2D eigenvalue weighted by molar-refractivity contribution is 5.94. The highest BCUT2D eigenvalue weighted by atomic mass is 19.4. The Morgan fingerprint density at radius 1 is 1.00 bits per heavy atom. The van der Waals surface area contributed by atoms with Crippen LogP contribution in [0.15, 0.2) is 18.2 Å². The van der Waals surface area contributed by atoms with Gasteiger partial charge in [0.05, 0.1) is 11.1 Å². The van der Waals surface area contributed by atoms with Crippen LogP contribution in [0.5, 0.6) is 0 Å². The molecule has 0 bridgehead atoms. The molecule has 1 aromatic carbocycles. The average Bonchev–Trinajstić information content (AvgIpc) is 2.42. The second-order valence-electron chi connectivity index (χ2n) is 7.88. The van der Waals surface area contributed by atoms with Crippen molar-refractivity contribution in [3.8, 4) is 0 Å². The zero-order valence-electron chi connectivity index (χ0n) is 14.7. The highest BCUT2D eigenvalue weighted by Gasteiger charge is 2.38. The first-order valence-corrected chi connectivity index (χ1v) is 8.28. The number of carbonyl (C=O) groups excluding carboxylic acids is 1. The Balaban J connectivity index is 2.30. The number of hydrogen-bond acceptors (Lipinski definition) is 1. The minimum absolute atomic E-state index is 0.0164. The lowest BCUT2D eigenvalue weighted by Crippen LogP contribution is -2.43. The SMILES string of the molecule is C[C@@H]1C[C@@H](NC(=O)c2cc(C(F)(F)F)cc(C(F)(F)F)c2)CC(C)(C)C1. The number of benzene rings is 1. The maximum absolute atomic E-state index is 12.9. The first kappa shape index (κ1) is 20.6. The van der Waals surface area contributed by atoms with Crippen LogP contribution in [0.4, 0.5) is 26.3 Å². The lowest BCUT2D eigenvalue weighted by molar-refractivity contribution is -0.143. The second-order valence-corrected chi connectivity index (χ2v) is 7.88. The van der Waals surface area contributed by atoms with Crippen molar-refractivity contribution in [2.75, 3.05) is 0 Å². The van der Waals surface area contributed by atoms with E-state index in [4.69, 9.17) is 0 Å². The lowest BCUT2D eigenvalue weighted by Gasteiger charge is -2.39. The second kappa shape index (κ2) is 6.78. The van der Waals surface area contributed by atoms with E-state index in [0.29, 0.717) is 30.9 Å². The topological polar surface area (TPSA) is 29.1 Å². The highest BCUT2D eigenvalue weighted by Crippen LogP contribution is 2.39. The number of rotatable bonds is 2. The van der Waals surface area contributed by atoms with E-state index in [1.165, 1.54) is 0 Å². The van der Waals surface area contributed by atoms with Crippen LogP contribution in [0.1, 0.15) is 61.5 Å². The third kappa shape index (κ3) is 5.14. The van der Waals surface area contributed by atoms with E-state index in [0.717, 1.165) is 6.42 Å². The van der Waals surface area contributed by atoms with E-state index in [1.54, 1.807) is 0 Å². The minimum atomic E-state index is -4.97. The smallest absolute Gasteiger partial charge is 0.349 e. The van der Waals surface area contributed by atoms with Crippen LogP contribution < -0.4 is 5.32 Å². The Labute approximate surface area is 148 Å². The number of halogens is 6. The van der Waals surface area contributed by atoms with Crippen molar-refractivity contribution in [3.63, 3.8) is 0 Å². The lowest BCUT2D eigenvalue weighted by atomic mass is 9.70. The predicted molar refractivity (Wildman–Crippen MR) is 84.5 cm³/mol. The van der Waals surface area contributed by atoms with Gasteiger partial charge in [-0.15, -0.1) is 0 Å². The molecule has 2 nitrogen and oxygen atoms in total. The van der Waals surface area contributed by atoms with Gasteiger partial charge in [0.2, 0.25) is 0 Å². The van der Waals surface area contributed by atoms with Crippen molar-refractivity contribution in [1.29, 1.82) is 0 Å². The molecule has 0 aromatic heterocycles. The summed E-state index contributed by atoms with van der Waals surface area (Å²) < 4.78 is 77.5. The fourth-order valence-corrected chi connectivity index (χ4v) is 3.81. The van der Waals surface area contributed by atoms with Crippen LogP contribution in [0.2, 0.25) is 0 Å². The number of amides is 1. The van der Waals surface area contributed by atoms with Crippen molar-refractivity contribution in [2.24, 2.45) is 11.3 Å². The number of nitrogens with one attached hydrogen (secondary N) is 1. The summed E-state index contributed by atoms with van der Waals surface area (Å²) in [6.45, 7) is 6.05. The van der Waals surface area contributed by atoms with Gasteiger partial charge < -0.3 is 5.32 Å². The first-order chi connectivity index (χ1) is 11.7. The van der Waals surface area contributed by atoms with Crippen molar-refractivity contribution >= 4 is 5.91 Å². The van der Waals surface area contributed by atoms with Crippen molar-refractivity contribution < 1.29 is 31.1 Å². The van der Waals surface area contributed by atoms with Gasteiger partial charge in [0, 0.05) is 11.6 Å². The molecule has 0 spiro atoms. The van der Waals surface area contributed by atoms with Gasteiger partial charge in [-0.2, -0.15) is 26.3 Å². The van der Waals surface area contributed by atoms with Gasteiger partial charge in [-0.1, -0.05) is 20.8 Å². The van der Waals surface area contributed by atoms with Crippen LogP contribution in [-0.2, 0) is 12.4 Å². The van der Waals surface area contributed by atoms with Crippen LogP contribution >= 0.6 is 0 Å². The normalized spacial score (nSPS) is 23.6. The maximum atomic E-state index is 12.9. The molecular weight excluding hydrogens is 360 g/mol. The molecular formula is C18H21F6NO. The molecule has 0 saturated heterocycles. The number of hydrogen-bond donors (Lipinski definition) is 1. The van der Waals surface area contributed by atoms with Gasteiger partial charge >= 0.3 is 12.4 Å². The fourth-order valence-electron chi connectivity index (χ4n) is 3.81. The summed E-state index contributed by atoms with van der Waals surface area (Å²) in [6.07, 6.45) is -7.75. The molecule has 0 aliphatic heterocycles. The molecule has 1 N–H and O–H groups in total. The molecule has 1 fully saturated rings. The largest absolute Gasteiger partial charge is 0.416 e. The van der Waals surface area contributed by atoms with Gasteiger partial charge in [0.1, 0.15) is 0 Å². The molecule has 0 unspecified atom stereocenters. The van der Waals surface area contributed by atoms with Gasteiger partial charge in [-0.25, -0.2) is 0 Å². The Morgan fingerprint density at radius 3 is 1.92 bits per heavy atom. The van der Waals surface area contributed by atoms with Gasteiger partial charge in [0.15, 0.2) is 0 Å². The molecule has 1 saturated carbocycles. The monoisotopic (exact) mass is 381 g/mol. The molecule has 146 valence electrons. The van der Waals surface area contributed by atoms with E-state index in [9.17, 15) is 31.1 Å². The average molecular weight is 381 g/mol. The van der Waals surface area contributed by atoms with E-state index < -0.39 is 35.0 Å². The molecule has 8 heteroatoms. The molecule has 1 aliphatic carbocycles. The van der Waals surface area contributed by atoms with Gasteiger partial charge in [0.25, 0.3) is 5.91 Å². The third-order valence-electron chi connectivity index (χ3n) is 4.57. The van der Waals surface area contributed by atoms with Crippen LogP contribution in [-0.4, -0.2) is 11.9 Å². The summed E-state index contributed by atoms with van der Waals surface area (Å²) in [7, 11) is 0. The van der Waals surface area contributed by atoms with E-state index in [2.05, 4.69) is 5.32 Å². The molecule has 2 rings (SSSR count). The summed E-state index contributed by atoms with van der Waals surface area (Å²) in [5, 5.41) is 2.60. The summed E-state index contributed by atoms with van der Waals surface area (Å²) in [5.74, 6) is -0.618. The standard InChI is InChI=1S/C18H21F6NO/c1-10-4-14(9-16(2,3)8-10)25-15(26)11-5-12(17(19,20)21)7-13(6-11)18(22,23)24/h5-7,10,14H,4,8-9H2,1-3H3,(H,25,26)/t10-,14-/m1/s1. The zero-order chi connectivity index (χ0) is 19.9. The maximum Gasteiger partial charge on any atom is 0.416 e. The van der Waals surface area contributed by atoms with Crippen molar-refractivity contribution in [1.82, 2.24) is 5.32 Å². The van der Waals surface area contributed by atoms with Gasteiger partial charge in [-0.05, 0) is 48.8 Å². The Morgan fingerprint density at radius 2 is 1.50 bits per heavy atom. The summed E-state index contributed by atoms with van der Waals surface area (Å²) in [6, 6.07) is 0.650. The van der Waals surface area contributed by atoms with Crippen LogP contribution in [0.25, 0.3) is 0 Å². The Kier molecular flexibility index (Phi) is 5.36.